The van der Waals surface area contributed by atoms with Crippen LogP contribution in [-0.2, 0) is 6.54 Å². The van der Waals surface area contributed by atoms with E-state index in [1.165, 1.54) is 17.8 Å². The fourth-order valence-corrected chi connectivity index (χ4v) is 3.23. The molecule has 0 fully saturated rings. The molecule has 1 heterocycles. The van der Waals surface area contributed by atoms with Gasteiger partial charge in [-0.25, -0.2) is 4.79 Å². The number of nitrogens with zero attached hydrogens (tertiary/aromatic N) is 1. The maximum Gasteiger partial charge on any atom is 0.345 e. The molecule has 5 heteroatoms. The van der Waals surface area contributed by atoms with E-state index in [2.05, 4.69) is 31.0 Å². The molecule has 0 aliphatic rings. The molecule has 1 atom stereocenters. The summed E-state index contributed by atoms with van der Waals surface area (Å²) in [5.41, 5.74) is 1.10. The Labute approximate surface area is 132 Å². The Morgan fingerprint density at radius 1 is 1.43 bits per heavy atom. The molecule has 120 valence electrons. The van der Waals surface area contributed by atoms with Crippen LogP contribution in [0.3, 0.4) is 0 Å². The maximum absolute atomic E-state index is 11.0. The van der Waals surface area contributed by atoms with Crippen LogP contribution in [0.1, 0.15) is 53.7 Å². The number of hydrogen-bond acceptors (Lipinski definition) is 4. The average molecular weight is 312 g/mol. The van der Waals surface area contributed by atoms with Gasteiger partial charge in [0.05, 0.1) is 0 Å². The van der Waals surface area contributed by atoms with Crippen molar-refractivity contribution in [3.05, 3.63) is 21.4 Å². The zero-order valence-electron chi connectivity index (χ0n) is 13.6. The van der Waals surface area contributed by atoms with Gasteiger partial charge in [-0.3, -0.25) is 0 Å². The summed E-state index contributed by atoms with van der Waals surface area (Å²) in [6, 6.07) is 2.24. The van der Waals surface area contributed by atoms with Crippen molar-refractivity contribution in [3.63, 3.8) is 0 Å². The SMILES string of the molecule is CCN(CC)CCCC(C)NCc1cc(C(=O)O)sc1C. The standard InChI is InChI=1S/C16H28N2O2S/c1-5-18(6-2)9-7-8-12(3)17-11-14-10-15(16(19)20)21-13(14)4/h10,12,17H,5-9,11H2,1-4H3,(H,19,20). The zero-order valence-corrected chi connectivity index (χ0v) is 14.4. The van der Waals surface area contributed by atoms with E-state index in [1.807, 2.05) is 6.92 Å². The molecule has 0 radical (unpaired) electrons. The molecular formula is C16H28N2O2S. The Hall–Kier alpha value is -0.910. The summed E-state index contributed by atoms with van der Waals surface area (Å²) in [5, 5.41) is 12.5. The lowest BCUT2D eigenvalue weighted by molar-refractivity contribution is 0.0702. The van der Waals surface area contributed by atoms with Gasteiger partial charge in [0.25, 0.3) is 0 Å². The molecule has 4 nitrogen and oxygen atoms in total. The van der Waals surface area contributed by atoms with Crippen molar-refractivity contribution in [3.8, 4) is 0 Å². The van der Waals surface area contributed by atoms with Gasteiger partial charge in [0.1, 0.15) is 4.88 Å². The third kappa shape index (κ3) is 6.16. The van der Waals surface area contributed by atoms with Gasteiger partial charge in [-0.05, 0) is 58.0 Å². The van der Waals surface area contributed by atoms with Crippen molar-refractivity contribution in [1.82, 2.24) is 10.2 Å². The second kappa shape index (κ2) is 9.18. The van der Waals surface area contributed by atoms with Crippen LogP contribution in [0.25, 0.3) is 0 Å². The highest BCUT2D eigenvalue weighted by molar-refractivity contribution is 7.14. The Balaban J connectivity index is 2.32. The number of carbonyl (C=O) groups is 1. The van der Waals surface area contributed by atoms with Crippen LogP contribution in [0.4, 0.5) is 0 Å². The molecule has 0 aromatic carbocycles. The van der Waals surface area contributed by atoms with E-state index in [0.29, 0.717) is 10.9 Å². The predicted octanol–water partition coefficient (Wildman–Crippen LogP) is 3.35. The third-order valence-electron chi connectivity index (χ3n) is 3.88. The van der Waals surface area contributed by atoms with Crippen LogP contribution >= 0.6 is 11.3 Å². The van der Waals surface area contributed by atoms with Gasteiger partial charge in [-0.1, -0.05) is 13.8 Å². The second-order valence-corrected chi connectivity index (χ2v) is 6.70. The maximum atomic E-state index is 11.0. The summed E-state index contributed by atoms with van der Waals surface area (Å²) in [4.78, 5) is 14.9. The average Bonchev–Trinajstić information content (AvgIpc) is 2.83. The first kappa shape index (κ1) is 18.1. The molecule has 0 spiro atoms. The third-order valence-corrected chi connectivity index (χ3v) is 4.96. The smallest absolute Gasteiger partial charge is 0.345 e. The van der Waals surface area contributed by atoms with E-state index in [9.17, 15) is 4.79 Å². The number of carboxylic acid groups (broad SMARTS) is 1. The van der Waals surface area contributed by atoms with Crippen molar-refractivity contribution < 1.29 is 9.90 Å². The number of nitrogens with one attached hydrogen (secondary N) is 1. The minimum absolute atomic E-state index is 0.429. The molecule has 0 saturated heterocycles. The fourth-order valence-electron chi connectivity index (χ4n) is 2.35. The van der Waals surface area contributed by atoms with Gasteiger partial charge >= 0.3 is 5.97 Å². The van der Waals surface area contributed by atoms with E-state index in [1.54, 1.807) is 6.07 Å². The Bertz CT molecular complexity index is 441. The molecule has 0 amide bonds. The quantitative estimate of drug-likeness (QED) is 0.695. The zero-order chi connectivity index (χ0) is 15.8. The molecule has 1 aromatic rings. The van der Waals surface area contributed by atoms with E-state index >= 15 is 0 Å². The van der Waals surface area contributed by atoms with Crippen LogP contribution in [-0.4, -0.2) is 41.7 Å². The number of aryl methyl sites for hydroxylation is 1. The van der Waals surface area contributed by atoms with Gasteiger partial charge < -0.3 is 15.3 Å². The van der Waals surface area contributed by atoms with Crippen molar-refractivity contribution in [2.75, 3.05) is 19.6 Å². The molecule has 2 N–H and O–H groups in total. The lowest BCUT2D eigenvalue weighted by Gasteiger charge is -2.19. The Morgan fingerprint density at radius 2 is 2.10 bits per heavy atom. The highest BCUT2D eigenvalue weighted by Crippen LogP contribution is 2.21. The molecule has 21 heavy (non-hydrogen) atoms. The molecule has 0 saturated carbocycles. The lowest BCUT2D eigenvalue weighted by atomic mass is 10.1. The highest BCUT2D eigenvalue weighted by atomic mass is 32.1. The van der Waals surface area contributed by atoms with Crippen LogP contribution in [0.2, 0.25) is 0 Å². The minimum atomic E-state index is -0.832. The Morgan fingerprint density at radius 3 is 2.62 bits per heavy atom. The molecule has 0 aliphatic carbocycles. The summed E-state index contributed by atoms with van der Waals surface area (Å²) in [6.45, 7) is 12.7. The van der Waals surface area contributed by atoms with Gasteiger partial charge in [0.15, 0.2) is 0 Å². The van der Waals surface area contributed by atoms with Gasteiger partial charge in [0, 0.05) is 17.5 Å². The van der Waals surface area contributed by atoms with E-state index in [0.717, 1.165) is 43.0 Å². The van der Waals surface area contributed by atoms with E-state index < -0.39 is 5.97 Å². The van der Waals surface area contributed by atoms with Crippen molar-refractivity contribution >= 4 is 17.3 Å². The van der Waals surface area contributed by atoms with Crippen molar-refractivity contribution in [2.24, 2.45) is 0 Å². The summed E-state index contributed by atoms with van der Waals surface area (Å²) in [6.07, 6.45) is 2.34. The molecular weight excluding hydrogens is 284 g/mol. The molecule has 1 rings (SSSR count). The first-order valence-electron chi connectivity index (χ1n) is 7.76. The van der Waals surface area contributed by atoms with Gasteiger partial charge in [-0.2, -0.15) is 0 Å². The van der Waals surface area contributed by atoms with E-state index in [-0.39, 0.29) is 0 Å². The monoisotopic (exact) mass is 312 g/mol. The summed E-state index contributed by atoms with van der Waals surface area (Å²) in [5.74, 6) is -0.832. The van der Waals surface area contributed by atoms with E-state index in [4.69, 9.17) is 5.11 Å². The normalized spacial score (nSPS) is 12.8. The lowest BCUT2D eigenvalue weighted by Crippen LogP contribution is -2.28. The van der Waals surface area contributed by atoms with Crippen LogP contribution in [0, 0.1) is 6.92 Å². The fraction of sp³-hybridized carbons (Fsp3) is 0.688. The number of thiophene rings is 1. The topological polar surface area (TPSA) is 52.6 Å². The predicted molar refractivity (Wildman–Crippen MR) is 89.3 cm³/mol. The van der Waals surface area contributed by atoms with Crippen LogP contribution < -0.4 is 5.32 Å². The van der Waals surface area contributed by atoms with Crippen LogP contribution in [0.15, 0.2) is 6.07 Å². The van der Waals surface area contributed by atoms with Gasteiger partial charge in [-0.15, -0.1) is 11.3 Å². The second-order valence-electron chi connectivity index (χ2n) is 5.45. The highest BCUT2D eigenvalue weighted by Gasteiger charge is 2.11. The molecule has 1 unspecified atom stereocenters. The summed E-state index contributed by atoms with van der Waals surface area (Å²) >= 11 is 1.36. The number of carboxylic acids is 1. The summed E-state index contributed by atoms with van der Waals surface area (Å²) in [7, 11) is 0. The first-order valence-corrected chi connectivity index (χ1v) is 8.57. The van der Waals surface area contributed by atoms with Crippen molar-refractivity contribution in [1.29, 1.82) is 0 Å². The first-order chi connectivity index (χ1) is 9.97. The van der Waals surface area contributed by atoms with Crippen LogP contribution in [0.5, 0.6) is 0 Å². The van der Waals surface area contributed by atoms with Crippen molar-refractivity contribution in [2.45, 2.75) is 53.1 Å². The largest absolute Gasteiger partial charge is 0.477 e. The number of rotatable bonds is 10. The summed E-state index contributed by atoms with van der Waals surface area (Å²) < 4.78 is 0. The Kier molecular flexibility index (Phi) is 7.93. The molecule has 0 bridgehead atoms. The molecule has 0 aliphatic heterocycles. The number of aromatic carboxylic acids is 1. The minimum Gasteiger partial charge on any atom is -0.477 e. The number of hydrogen-bond donors (Lipinski definition) is 2. The molecule has 1 aromatic heterocycles. The van der Waals surface area contributed by atoms with Gasteiger partial charge in [0.2, 0.25) is 0 Å².